The van der Waals surface area contributed by atoms with Gasteiger partial charge in [-0.25, -0.2) is 0 Å². The number of primary amides is 1. The monoisotopic (exact) mass is 369 g/mol. The van der Waals surface area contributed by atoms with Crippen LogP contribution in [-0.4, -0.2) is 74.3 Å². The van der Waals surface area contributed by atoms with E-state index in [4.69, 9.17) is 15.9 Å². The highest BCUT2D eigenvalue weighted by Crippen LogP contribution is 2.34. The van der Waals surface area contributed by atoms with Crippen molar-refractivity contribution in [2.75, 3.05) is 26.2 Å². The topological polar surface area (TPSA) is 165 Å². The van der Waals surface area contributed by atoms with Crippen LogP contribution in [0.3, 0.4) is 0 Å². The molecule has 26 heavy (non-hydrogen) atoms. The van der Waals surface area contributed by atoms with Crippen LogP contribution in [0.1, 0.15) is 18.1 Å². The number of hydrogen-bond acceptors (Lipinski definition) is 7. The molecule has 10 heteroatoms. The molecule has 0 heterocycles. The fraction of sp³-hybridized carbons (Fsp3) is 0.438. The molecule has 0 bridgehead atoms. The summed E-state index contributed by atoms with van der Waals surface area (Å²) in [5.74, 6) is -3.77. The largest absolute Gasteiger partial charge is 0.504 e. The van der Waals surface area contributed by atoms with Crippen molar-refractivity contribution < 1.29 is 34.8 Å². The molecule has 0 radical (unpaired) electrons. The van der Waals surface area contributed by atoms with Gasteiger partial charge in [-0.3, -0.25) is 24.2 Å². The molecule has 0 saturated carbocycles. The Morgan fingerprint density at radius 2 is 1.31 bits per heavy atom. The number of aliphatic carboxylic acids is 2. The number of carboxylic acid groups (broad SMARTS) is 2. The summed E-state index contributed by atoms with van der Waals surface area (Å²) in [7, 11) is 0. The molecule has 1 rings (SSSR count). The standard InChI is InChI=1S/C16H23N3O7/c1-2-18(8-13(21)22)5-10-3-4-11(16(26)15(10)25)6-19(7-12(17)20)9-14(23)24/h3-4,25-26H,2,5-9H2,1H3,(H2,17,20)(H,21,22)(H,23,24). The lowest BCUT2D eigenvalue weighted by Gasteiger charge is -2.22. The first-order valence-electron chi connectivity index (χ1n) is 7.83. The first kappa shape index (κ1) is 21.2. The fourth-order valence-corrected chi connectivity index (χ4v) is 2.45. The van der Waals surface area contributed by atoms with Crippen molar-refractivity contribution in [3.63, 3.8) is 0 Å². The zero-order chi connectivity index (χ0) is 19.9. The van der Waals surface area contributed by atoms with Crippen LogP contribution in [0.2, 0.25) is 0 Å². The lowest BCUT2D eigenvalue weighted by atomic mass is 10.1. The number of aromatic hydroxyl groups is 2. The lowest BCUT2D eigenvalue weighted by Crippen LogP contribution is -2.36. The van der Waals surface area contributed by atoms with Crippen LogP contribution in [0, 0.1) is 0 Å². The predicted molar refractivity (Wildman–Crippen MR) is 90.5 cm³/mol. The van der Waals surface area contributed by atoms with Gasteiger partial charge in [0.15, 0.2) is 11.5 Å². The molecule has 144 valence electrons. The van der Waals surface area contributed by atoms with Crippen molar-refractivity contribution in [3.8, 4) is 11.5 Å². The molecule has 10 nitrogen and oxygen atoms in total. The molecule has 0 aliphatic heterocycles. The van der Waals surface area contributed by atoms with Gasteiger partial charge in [-0.15, -0.1) is 0 Å². The van der Waals surface area contributed by atoms with Crippen LogP contribution in [0.4, 0.5) is 0 Å². The van der Waals surface area contributed by atoms with Gasteiger partial charge in [0.05, 0.1) is 19.6 Å². The Morgan fingerprint density at radius 3 is 1.69 bits per heavy atom. The quantitative estimate of drug-likeness (QED) is 0.319. The highest BCUT2D eigenvalue weighted by Gasteiger charge is 2.19. The molecular formula is C16H23N3O7. The van der Waals surface area contributed by atoms with Crippen molar-refractivity contribution in [3.05, 3.63) is 23.3 Å². The fourth-order valence-electron chi connectivity index (χ4n) is 2.45. The van der Waals surface area contributed by atoms with Gasteiger partial charge in [0.2, 0.25) is 5.91 Å². The number of benzene rings is 1. The van der Waals surface area contributed by atoms with Gasteiger partial charge < -0.3 is 26.2 Å². The Morgan fingerprint density at radius 1 is 0.885 bits per heavy atom. The van der Waals surface area contributed by atoms with Gasteiger partial charge in [0.1, 0.15) is 0 Å². The summed E-state index contributed by atoms with van der Waals surface area (Å²) in [5.41, 5.74) is 5.63. The summed E-state index contributed by atoms with van der Waals surface area (Å²) in [6, 6.07) is 2.99. The predicted octanol–water partition coefficient (Wildman–Crippen LogP) is -0.624. The average molecular weight is 369 g/mol. The van der Waals surface area contributed by atoms with E-state index in [1.807, 2.05) is 0 Å². The Labute approximate surface area is 150 Å². The maximum atomic E-state index is 11.1. The number of amides is 1. The molecule has 0 saturated heterocycles. The van der Waals surface area contributed by atoms with E-state index >= 15 is 0 Å². The van der Waals surface area contributed by atoms with Crippen LogP contribution >= 0.6 is 0 Å². The van der Waals surface area contributed by atoms with E-state index in [1.54, 1.807) is 11.8 Å². The van der Waals surface area contributed by atoms with E-state index in [0.717, 1.165) is 0 Å². The molecule has 0 aromatic heterocycles. The molecule has 1 aromatic carbocycles. The van der Waals surface area contributed by atoms with Gasteiger partial charge in [0.25, 0.3) is 0 Å². The molecule has 0 fully saturated rings. The first-order valence-corrected chi connectivity index (χ1v) is 7.83. The molecule has 1 aromatic rings. The number of likely N-dealkylation sites (N-methyl/N-ethyl adjacent to an activating group) is 1. The minimum Gasteiger partial charge on any atom is -0.504 e. The van der Waals surface area contributed by atoms with Crippen molar-refractivity contribution in [1.29, 1.82) is 0 Å². The minimum atomic E-state index is -1.17. The Balaban J connectivity index is 2.98. The Bertz CT molecular complexity index is 662. The van der Waals surface area contributed by atoms with Crippen molar-refractivity contribution in [2.24, 2.45) is 5.73 Å². The van der Waals surface area contributed by atoms with Gasteiger partial charge in [0, 0.05) is 24.2 Å². The third kappa shape index (κ3) is 6.57. The molecule has 1 amide bonds. The van der Waals surface area contributed by atoms with Gasteiger partial charge >= 0.3 is 11.9 Å². The zero-order valence-corrected chi connectivity index (χ0v) is 14.4. The summed E-state index contributed by atoms with van der Waals surface area (Å²) in [4.78, 5) is 35.5. The van der Waals surface area contributed by atoms with E-state index < -0.39 is 35.9 Å². The highest BCUT2D eigenvalue weighted by atomic mass is 16.4. The normalized spacial score (nSPS) is 11.0. The molecule has 0 spiro atoms. The number of carbonyl (C=O) groups excluding carboxylic acids is 1. The second kappa shape index (κ2) is 9.59. The number of nitrogens with zero attached hydrogens (tertiary/aromatic N) is 2. The SMILES string of the molecule is CCN(CC(=O)O)Cc1ccc(CN(CC(N)=O)CC(=O)O)c(O)c1O. The van der Waals surface area contributed by atoms with E-state index in [1.165, 1.54) is 17.0 Å². The minimum absolute atomic E-state index is 0.110. The molecule has 0 aliphatic rings. The second-order valence-electron chi connectivity index (χ2n) is 5.78. The lowest BCUT2D eigenvalue weighted by molar-refractivity contribution is -0.139. The van der Waals surface area contributed by atoms with Crippen LogP contribution in [0.25, 0.3) is 0 Å². The molecule has 0 atom stereocenters. The van der Waals surface area contributed by atoms with Gasteiger partial charge in [-0.05, 0) is 6.54 Å². The van der Waals surface area contributed by atoms with Gasteiger partial charge in [-0.1, -0.05) is 19.1 Å². The Hall–Kier alpha value is -2.85. The molecule has 0 aliphatic carbocycles. The summed E-state index contributed by atoms with van der Waals surface area (Å²) >= 11 is 0. The third-order valence-corrected chi connectivity index (χ3v) is 3.65. The number of carbonyl (C=O) groups is 3. The van der Waals surface area contributed by atoms with Crippen LogP contribution in [0.5, 0.6) is 11.5 Å². The average Bonchev–Trinajstić information content (AvgIpc) is 2.51. The number of phenolic OH excluding ortho intramolecular Hbond substituents is 2. The number of hydrogen-bond donors (Lipinski definition) is 5. The maximum Gasteiger partial charge on any atom is 0.317 e. The van der Waals surface area contributed by atoms with Crippen LogP contribution in [-0.2, 0) is 27.5 Å². The first-order chi connectivity index (χ1) is 12.1. The van der Waals surface area contributed by atoms with E-state index in [-0.39, 0.29) is 31.7 Å². The second-order valence-corrected chi connectivity index (χ2v) is 5.78. The van der Waals surface area contributed by atoms with Crippen molar-refractivity contribution in [1.82, 2.24) is 9.80 Å². The highest BCUT2D eigenvalue weighted by molar-refractivity contribution is 5.77. The zero-order valence-electron chi connectivity index (χ0n) is 14.4. The summed E-state index contributed by atoms with van der Waals surface area (Å²) in [5, 5.41) is 38.1. The Kier molecular flexibility index (Phi) is 7.81. The third-order valence-electron chi connectivity index (χ3n) is 3.65. The van der Waals surface area contributed by atoms with Crippen LogP contribution in [0.15, 0.2) is 12.1 Å². The summed E-state index contributed by atoms with van der Waals surface area (Å²) < 4.78 is 0. The number of carboxylic acids is 2. The number of nitrogens with two attached hydrogens (primary N) is 1. The number of phenols is 2. The summed E-state index contributed by atoms with van der Waals surface area (Å²) in [6.45, 7) is 1.19. The van der Waals surface area contributed by atoms with E-state index in [0.29, 0.717) is 12.1 Å². The van der Waals surface area contributed by atoms with E-state index in [2.05, 4.69) is 0 Å². The van der Waals surface area contributed by atoms with Crippen molar-refractivity contribution >= 4 is 17.8 Å². The number of rotatable bonds is 11. The molecule has 6 N–H and O–H groups in total. The van der Waals surface area contributed by atoms with Crippen LogP contribution < -0.4 is 5.73 Å². The van der Waals surface area contributed by atoms with Gasteiger partial charge in [-0.2, -0.15) is 0 Å². The van der Waals surface area contributed by atoms with E-state index in [9.17, 15) is 24.6 Å². The maximum absolute atomic E-state index is 11.1. The molecule has 0 unspecified atom stereocenters. The van der Waals surface area contributed by atoms with Crippen molar-refractivity contribution in [2.45, 2.75) is 20.0 Å². The summed E-state index contributed by atoms with van der Waals surface area (Å²) in [6.07, 6.45) is 0. The molecular weight excluding hydrogens is 346 g/mol. The smallest absolute Gasteiger partial charge is 0.317 e.